The van der Waals surface area contributed by atoms with E-state index in [9.17, 15) is 4.39 Å². The number of halogens is 2. The average molecular weight is 524 g/mol. The summed E-state index contributed by atoms with van der Waals surface area (Å²) in [7, 11) is 0. The highest BCUT2D eigenvalue weighted by Crippen LogP contribution is 2.31. The molecule has 0 bridgehead atoms. The maximum atomic E-state index is 13.9. The quantitative estimate of drug-likeness (QED) is 0.267. The molecule has 0 aliphatic carbocycles. The fraction of sp³-hybridized carbons (Fsp3) is 0.476. The molecule has 30 heavy (non-hydrogen) atoms. The summed E-state index contributed by atoms with van der Waals surface area (Å²) in [5.74, 6) is 2.44. The first-order valence-corrected chi connectivity index (χ1v) is 11.3. The summed E-state index contributed by atoms with van der Waals surface area (Å²) in [4.78, 5) is 12.3. The van der Waals surface area contributed by atoms with Crippen LogP contribution >= 0.6 is 22.6 Å². The van der Waals surface area contributed by atoms with Crippen LogP contribution in [0.15, 0.2) is 12.1 Å². The number of anilines is 1. The molecule has 160 valence electrons. The third-order valence-electron chi connectivity index (χ3n) is 5.29. The number of fused-ring (bicyclic) bond motifs is 2. The normalized spacial score (nSPS) is 13.2. The van der Waals surface area contributed by atoms with Crippen molar-refractivity contribution < 1.29 is 9.13 Å². The van der Waals surface area contributed by atoms with Gasteiger partial charge in [0.05, 0.1) is 6.61 Å². The largest absolute Gasteiger partial charge is 0.493 e. The van der Waals surface area contributed by atoms with Crippen LogP contribution in [0.3, 0.4) is 0 Å². The van der Waals surface area contributed by atoms with E-state index in [2.05, 4.69) is 68.8 Å². The van der Waals surface area contributed by atoms with Gasteiger partial charge in [-0.25, -0.2) is 4.98 Å². The number of ether oxygens (including phenoxy) is 1. The second-order valence-electron chi connectivity index (χ2n) is 7.99. The predicted octanol–water partition coefficient (Wildman–Crippen LogP) is 3.31. The fourth-order valence-corrected chi connectivity index (χ4v) is 4.38. The van der Waals surface area contributed by atoms with Gasteiger partial charge < -0.3 is 20.4 Å². The van der Waals surface area contributed by atoms with Crippen molar-refractivity contribution in [1.82, 2.24) is 24.8 Å². The summed E-state index contributed by atoms with van der Waals surface area (Å²) in [6.07, 6.45) is 1.80. The topological polar surface area (TPSA) is 90.9 Å². The Kier molecular flexibility index (Phi) is 6.37. The maximum Gasteiger partial charge on any atom is 0.312 e. The van der Waals surface area contributed by atoms with Crippen LogP contribution in [0.1, 0.15) is 37.2 Å². The van der Waals surface area contributed by atoms with Gasteiger partial charge in [0, 0.05) is 29.5 Å². The second kappa shape index (κ2) is 9.01. The van der Waals surface area contributed by atoms with Gasteiger partial charge in [0.25, 0.3) is 0 Å². The third-order valence-corrected chi connectivity index (χ3v) is 6.30. The number of aromatic nitrogens is 4. The number of nitrogens with zero attached hydrogens (tertiary/aromatic N) is 4. The Morgan fingerprint density at radius 1 is 1.27 bits per heavy atom. The minimum Gasteiger partial charge on any atom is -0.493 e. The van der Waals surface area contributed by atoms with Crippen molar-refractivity contribution in [2.75, 3.05) is 25.4 Å². The zero-order valence-electron chi connectivity index (χ0n) is 17.2. The van der Waals surface area contributed by atoms with E-state index in [0.717, 1.165) is 53.2 Å². The summed E-state index contributed by atoms with van der Waals surface area (Å²) in [6, 6.07) is 4.26. The summed E-state index contributed by atoms with van der Waals surface area (Å²) < 4.78 is 22.7. The first-order valence-electron chi connectivity index (χ1n) is 10.2. The van der Waals surface area contributed by atoms with Crippen LogP contribution in [0.25, 0.3) is 11.2 Å². The van der Waals surface area contributed by atoms with Gasteiger partial charge in [-0.3, -0.25) is 0 Å². The lowest BCUT2D eigenvalue weighted by molar-refractivity contribution is 0.356. The highest BCUT2D eigenvalue weighted by atomic mass is 127. The Morgan fingerprint density at radius 3 is 2.90 bits per heavy atom. The summed E-state index contributed by atoms with van der Waals surface area (Å²) in [6.45, 7) is 7.42. The Bertz CT molecular complexity index is 1070. The Labute approximate surface area is 188 Å². The average Bonchev–Trinajstić information content (AvgIpc) is 3.26. The summed E-state index contributed by atoms with van der Waals surface area (Å²) in [5, 5.41) is 3.45. The van der Waals surface area contributed by atoms with Gasteiger partial charge >= 0.3 is 6.08 Å². The molecule has 1 aromatic carbocycles. The van der Waals surface area contributed by atoms with Gasteiger partial charge in [-0.2, -0.15) is 14.4 Å². The predicted molar refractivity (Wildman–Crippen MR) is 123 cm³/mol. The monoisotopic (exact) mass is 524 g/mol. The van der Waals surface area contributed by atoms with Crippen LogP contribution < -0.4 is 15.8 Å². The van der Waals surface area contributed by atoms with Crippen molar-refractivity contribution in [1.29, 1.82) is 0 Å². The van der Waals surface area contributed by atoms with Crippen LogP contribution in [-0.2, 0) is 19.4 Å². The van der Waals surface area contributed by atoms with Gasteiger partial charge in [0.15, 0.2) is 17.0 Å². The summed E-state index contributed by atoms with van der Waals surface area (Å²) in [5.41, 5.74) is 9.18. The Balaban J connectivity index is 1.64. The summed E-state index contributed by atoms with van der Waals surface area (Å²) >= 11 is 2.35. The van der Waals surface area contributed by atoms with Crippen molar-refractivity contribution in [3.63, 3.8) is 0 Å². The molecule has 3 aromatic rings. The van der Waals surface area contributed by atoms with Crippen molar-refractivity contribution in [3.8, 4) is 5.75 Å². The molecule has 0 atom stereocenters. The lowest BCUT2D eigenvalue weighted by Gasteiger charge is -2.12. The van der Waals surface area contributed by atoms with Crippen molar-refractivity contribution >= 4 is 39.6 Å². The van der Waals surface area contributed by atoms with Gasteiger partial charge in [-0.15, -0.1) is 0 Å². The van der Waals surface area contributed by atoms with Crippen LogP contribution in [0.2, 0.25) is 0 Å². The van der Waals surface area contributed by atoms with E-state index in [1.807, 2.05) is 4.57 Å². The molecule has 0 unspecified atom stereocenters. The molecule has 0 saturated carbocycles. The number of hydrogen-bond acceptors (Lipinski definition) is 6. The second-order valence-corrected chi connectivity index (χ2v) is 9.15. The number of nitrogens with two attached hydrogens (primary N) is 1. The van der Waals surface area contributed by atoms with Crippen LogP contribution in [0.4, 0.5) is 10.2 Å². The third kappa shape index (κ3) is 4.51. The maximum absolute atomic E-state index is 13.9. The molecule has 0 fully saturated rings. The molecule has 0 saturated heterocycles. The first-order chi connectivity index (χ1) is 14.4. The molecule has 9 heteroatoms. The SMILES string of the molecule is CC(C)CCNCCn1c(Cc2cc3c(cc2I)CCO3)nc2c(N)nc(F)nc21. The Morgan fingerprint density at radius 2 is 2.10 bits per heavy atom. The van der Waals surface area contributed by atoms with Crippen molar-refractivity contribution in [2.24, 2.45) is 5.92 Å². The number of imidazole rings is 1. The number of benzene rings is 1. The van der Waals surface area contributed by atoms with Gasteiger partial charge in [-0.05, 0) is 64.7 Å². The molecule has 1 aliphatic rings. The lowest BCUT2D eigenvalue weighted by Crippen LogP contribution is -2.23. The number of nitrogens with one attached hydrogen (secondary N) is 1. The fourth-order valence-electron chi connectivity index (χ4n) is 3.66. The molecular formula is C21H26FIN6O. The van der Waals surface area contributed by atoms with Crippen molar-refractivity contribution in [2.45, 2.75) is 39.7 Å². The van der Waals surface area contributed by atoms with Crippen LogP contribution in [0.5, 0.6) is 5.75 Å². The zero-order valence-corrected chi connectivity index (χ0v) is 19.4. The van der Waals surface area contributed by atoms with E-state index >= 15 is 0 Å². The lowest BCUT2D eigenvalue weighted by atomic mass is 10.1. The number of nitrogen functional groups attached to an aromatic ring is 1. The highest BCUT2D eigenvalue weighted by Gasteiger charge is 2.20. The zero-order chi connectivity index (χ0) is 21.3. The van der Waals surface area contributed by atoms with E-state index in [0.29, 0.717) is 30.0 Å². The molecule has 0 amide bonds. The minimum atomic E-state index is -0.832. The van der Waals surface area contributed by atoms with Crippen molar-refractivity contribution in [3.05, 3.63) is 38.7 Å². The standard InChI is InChI=1S/C21H26FIN6O/c1-12(2)3-5-25-6-7-29-17(26-18-19(24)27-21(22)28-20(18)29)11-14-10-16-13(4-8-30-16)9-15(14)23/h9-10,12,25H,3-8,11H2,1-2H3,(H2,24,27,28). The smallest absolute Gasteiger partial charge is 0.312 e. The highest BCUT2D eigenvalue weighted by molar-refractivity contribution is 14.1. The van der Waals surface area contributed by atoms with Crippen LogP contribution in [-0.4, -0.2) is 39.2 Å². The molecule has 2 aromatic heterocycles. The van der Waals surface area contributed by atoms with E-state index in [1.54, 1.807) is 0 Å². The van der Waals surface area contributed by atoms with Gasteiger partial charge in [0.2, 0.25) is 0 Å². The van der Waals surface area contributed by atoms with Gasteiger partial charge in [-0.1, -0.05) is 13.8 Å². The molecule has 4 rings (SSSR count). The minimum absolute atomic E-state index is 0.0669. The van der Waals surface area contributed by atoms with E-state index < -0.39 is 6.08 Å². The van der Waals surface area contributed by atoms with E-state index in [-0.39, 0.29) is 5.82 Å². The van der Waals surface area contributed by atoms with Gasteiger partial charge in [0.1, 0.15) is 11.6 Å². The van der Waals surface area contributed by atoms with Crippen LogP contribution in [0, 0.1) is 15.6 Å². The molecule has 1 aliphatic heterocycles. The molecule has 3 heterocycles. The molecular weight excluding hydrogens is 498 g/mol. The van der Waals surface area contributed by atoms with E-state index in [4.69, 9.17) is 10.5 Å². The molecule has 7 nitrogen and oxygen atoms in total. The van der Waals surface area contributed by atoms with E-state index in [1.165, 1.54) is 5.56 Å². The molecule has 3 N–H and O–H groups in total. The Hall–Kier alpha value is -2.01. The first kappa shape index (κ1) is 21.2. The molecule has 0 spiro atoms. The molecule has 0 radical (unpaired) electrons. The number of hydrogen-bond donors (Lipinski definition) is 2. The number of rotatable bonds is 8.